The molecule has 0 atom stereocenters. The lowest BCUT2D eigenvalue weighted by molar-refractivity contribution is 1.18. The predicted octanol–water partition coefficient (Wildman–Crippen LogP) is 14.3. The van der Waals surface area contributed by atoms with Gasteiger partial charge in [0.15, 0.2) is 0 Å². The Bertz CT molecular complexity index is 2740. The van der Waals surface area contributed by atoms with Crippen molar-refractivity contribution in [2.24, 2.45) is 0 Å². The topological polar surface area (TPSA) is 8.17 Å². The van der Waals surface area contributed by atoms with E-state index < -0.39 is 0 Å². The molecule has 0 aliphatic heterocycles. The molecule has 0 saturated heterocycles. The second-order valence-corrected chi connectivity index (χ2v) is 14.0. The zero-order valence-electron chi connectivity index (χ0n) is 28.6. The molecule has 7 aromatic carbocycles. The summed E-state index contributed by atoms with van der Waals surface area (Å²) in [7, 11) is 0. The summed E-state index contributed by atoms with van der Waals surface area (Å²) in [6.45, 7) is 4.16. The molecule has 0 N–H and O–H groups in total. The third-order valence-electron chi connectivity index (χ3n) is 9.88. The number of anilines is 3. The van der Waals surface area contributed by atoms with Gasteiger partial charge >= 0.3 is 0 Å². The highest BCUT2D eigenvalue weighted by molar-refractivity contribution is 7.25. The Morgan fingerprint density at radius 3 is 1.90 bits per heavy atom. The molecule has 0 bridgehead atoms. The van der Waals surface area contributed by atoms with Gasteiger partial charge in [0.1, 0.15) is 0 Å². The van der Waals surface area contributed by atoms with E-state index in [-0.39, 0.29) is 0 Å². The summed E-state index contributed by atoms with van der Waals surface area (Å²) in [6, 6.07) is 59.8. The number of rotatable bonds is 7. The van der Waals surface area contributed by atoms with Crippen LogP contribution in [0, 0.1) is 0 Å². The summed E-state index contributed by atoms with van der Waals surface area (Å²) < 4.78 is 4.99. The number of aromatic nitrogens is 1. The van der Waals surface area contributed by atoms with Crippen LogP contribution in [0.2, 0.25) is 0 Å². The minimum atomic E-state index is 1.12. The average Bonchev–Trinajstić information content (AvgIpc) is 3.73. The van der Waals surface area contributed by atoms with Crippen molar-refractivity contribution in [3.05, 3.63) is 188 Å². The van der Waals surface area contributed by atoms with E-state index in [0.29, 0.717) is 0 Å². The SMILES string of the molecule is C/C=C\C(=C/C)c1ccc(N(c2ccc(-c3ccc4c(c3)c3ccccc3n4-c3ccccc3)cc2)c2ccc3sc4ccccc4c3c2)cc1. The number of hydrogen-bond donors (Lipinski definition) is 0. The Morgan fingerprint density at radius 1 is 0.510 bits per heavy atom. The Hall–Kier alpha value is -6.16. The van der Waals surface area contributed by atoms with Crippen LogP contribution in [0.1, 0.15) is 19.4 Å². The average molecular weight is 673 g/mol. The van der Waals surface area contributed by atoms with E-state index in [1.165, 1.54) is 69.9 Å². The summed E-state index contributed by atoms with van der Waals surface area (Å²) in [4.78, 5) is 2.38. The normalized spacial score (nSPS) is 12.2. The third-order valence-corrected chi connectivity index (χ3v) is 11.0. The maximum absolute atomic E-state index is 2.38. The maximum atomic E-state index is 2.38. The molecule has 9 rings (SSSR count). The lowest BCUT2D eigenvalue weighted by atomic mass is 10.0. The summed E-state index contributed by atoms with van der Waals surface area (Å²) >= 11 is 1.85. The van der Waals surface area contributed by atoms with Crippen LogP contribution in [0.15, 0.2) is 182 Å². The van der Waals surface area contributed by atoms with Crippen LogP contribution in [0.5, 0.6) is 0 Å². The van der Waals surface area contributed by atoms with E-state index in [0.717, 1.165) is 17.1 Å². The zero-order valence-corrected chi connectivity index (χ0v) is 29.4. The first-order valence-electron chi connectivity index (χ1n) is 17.5. The van der Waals surface area contributed by atoms with E-state index in [4.69, 9.17) is 0 Å². The van der Waals surface area contributed by atoms with Crippen LogP contribution in [0.3, 0.4) is 0 Å². The molecular weight excluding hydrogens is 637 g/mol. The fourth-order valence-electron chi connectivity index (χ4n) is 7.45. The molecule has 0 saturated carbocycles. The van der Waals surface area contributed by atoms with E-state index in [1.807, 2.05) is 11.3 Å². The van der Waals surface area contributed by atoms with Gasteiger partial charge in [-0.1, -0.05) is 103 Å². The first-order chi connectivity index (χ1) is 25.2. The van der Waals surface area contributed by atoms with Crippen molar-refractivity contribution in [2.75, 3.05) is 4.90 Å². The van der Waals surface area contributed by atoms with Crippen LogP contribution in [0.25, 0.3) is 64.4 Å². The van der Waals surface area contributed by atoms with Crippen molar-refractivity contribution >= 4 is 76.0 Å². The fourth-order valence-corrected chi connectivity index (χ4v) is 8.54. The van der Waals surface area contributed by atoms with Gasteiger partial charge in [-0.2, -0.15) is 0 Å². The number of para-hydroxylation sites is 2. The number of allylic oxidation sites excluding steroid dienone is 4. The summed E-state index contributed by atoms with van der Waals surface area (Å²) in [5.41, 5.74) is 11.8. The lowest BCUT2D eigenvalue weighted by Gasteiger charge is -2.26. The van der Waals surface area contributed by atoms with Gasteiger partial charge in [-0.05, 0) is 115 Å². The first kappa shape index (κ1) is 30.9. The van der Waals surface area contributed by atoms with Crippen molar-refractivity contribution in [3.63, 3.8) is 0 Å². The predicted molar refractivity (Wildman–Crippen MR) is 222 cm³/mol. The first-order valence-corrected chi connectivity index (χ1v) is 18.3. The van der Waals surface area contributed by atoms with Gasteiger partial charge in [0.05, 0.1) is 11.0 Å². The second kappa shape index (κ2) is 12.9. The smallest absolute Gasteiger partial charge is 0.0541 e. The number of hydrogen-bond acceptors (Lipinski definition) is 2. The van der Waals surface area contributed by atoms with Crippen LogP contribution in [-0.4, -0.2) is 4.57 Å². The van der Waals surface area contributed by atoms with E-state index in [2.05, 4.69) is 205 Å². The minimum Gasteiger partial charge on any atom is -0.310 e. The molecule has 244 valence electrons. The van der Waals surface area contributed by atoms with Crippen molar-refractivity contribution in [3.8, 4) is 16.8 Å². The molecule has 0 unspecified atom stereocenters. The molecule has 0 aliphatic rings. The van der Waals surface area contributed by atoms with Gasteiger partial charge in [0.25, 0.3) is 0 Å². The Balaban J connectivity index is 1.14. The zero-order chi connectivity index (χ0) is 34.3. The summed E-state index contributed by atoms with van der Waals surface area (Å²) in [6.07, 6.45) is 6.42. The largest absolute Gasteiger partial charge is 0.310 e. The highest BCUT2D eigenvalue weighted by Crippen LogP contribution is 2.42. The Morgan fingerprint density at radius 2 is 1.14 bits per heavy atom. The molecule has 0 spiro atoms. The quantitative estimate of drug-likeness (QED) is 0.153. The number of thiophene rings is 1. The van der Waals surface area contributed by atoms with Gasteiger partial charge < -0.3 is 9.47 Å². The maximum Gasteiger partial charge on any atom is 0.0541 e. The molecule has 2 heterocycles. The Kier molecular flexibility index (Phi) is 7.83. The molecule has 2 aromatic heterocycles. The van der Waals surface area contributed by atoms with Gasteiger partial charge in [0.2, 0.25) is 0 Å². The van der Waals surface area contributed by atoms with Crippen molar-refractivity contribution in [1.82, 2.24) is 4.57 Å². The molecule has 9 aromatic rings. The lowest BCUT2D eigenvalue weighted by Crippen LogP contribution is -2.09. The molecule has 0 fully saturated rings. The van der Waals surface area contributed by atoms with Gasteiger partial charge in [-0.3, -0.25) is 0 Å². The highest BCUT2D eigenvalue weighted by atomic mass is 32.1. The van der Waals surface area contributed by atoms with Crippen LogP contribution >= 0.6 is 11.3 Å². The molecule has 0 amide bonds. The van der Waals surface area contributed by atoms with Gasteiger partial charge in [-0.15, -0.1) is 11.3 Å². The van der Waals surface area contributed by atoms with E-state index >= 15 is 0 Å². The second-order valence-electron chi connectivity index (χ2n) is 12.9. The molecule has 2 nitrogen and oxygen atoms in total. The fraction of sp³-hybridized carbons (Fsp3) is 0.0417. The van der Waals surface area contributed by atoms with Gasteiger partial charge in [-0.25, -0.2) is 0 Å². The molecule has 0 aliphatic carbocycles. The third kappa shape index (κ3) is 5.43. The molecule has 0 radical (unpaired) electrons. The standard InChI is InChI=1S/C48H36N2S/c1-3-12-33(4-2)34-19-24-38(25-20-34)49(40-28-30-48-44(32-40)42-16-9-11-18-47(42)51-48)39-26-21-35(22-27-39)36-23-29-46-43(31-36)41-15-8-10-17-45(41)50(46)37-13-6-5-7-14-37/h3-32H,1-2H3/b12-3-,33-4+. The Labute approximate surface area is 302 Å². The monoisotopic (exact) mass is 672 g/mol. The van der Waals surface area contributed by atoms with E-state index in [9.17, 15) is 0 Å². The number of fused-ring (bicyclic) bond motifs is 6. The van der Waals surface area contributed by atoms with E-state index in [1.54, 1.807) is 0 Å². The molecule has 3 heteroatoms. The summed E-state index contributed by atoms with van der Waals surface area (Å²) in [5.74, 6) is 0. The number of nitrogens with zero attached hydrogens (tertiary/aromatic N) is 2. The van der Waals surface area contributed by atoms with Crippen molar-refractivity contribution < 1.29 is 0 Å². The van der Waals surface area contributed by atoms with Crippen LogP contribution in [0.4, 0.5) is 17.1 Å². The molecule has 51 heavy (non-hydrogen) atoms. The highest BCUT2D eigenvalue weighted by Gasteiger charge is 2.17. The summed E-state index contributed by atoms with van der Waals surface area (Å²) in [5, 5.41) is 5.11. The number of benzene rings is 7. The van der Waals surface area contributed by atoms with Gasteiger partial charge in [0, 0.05) is 53.7 Å². The van der Waals surface area contributed by atoms with Crippen LogP contribution in [-0.2, 0) is 0 Å². The minimum absolute atomic E-state index is 1.12. The van der Waals surface area contributed by atoms with Crippen molar-refractivity contribution in [1.29, 1.82) is 0 Å². The molecular formula is C48H36N2S. The van der Waals surface area contributed by atoms with Crippen molar-refractivity contribution in [2.45, 2.75) is 13.8 Å². The van der Waals surface area contributed by atoms with Crippen LogP contribution < -0.4 is 4.90 Å².